The molecule has 11 nitrogen and oxygen atoms in total. The summed E-state index contributed by atoms with van der Waals surface area (Å²) in [6.07, 6.45) is 1.65. The molecule has 0 saturated carbocycles. The largest absolute Gasteiger partial charge is 0.480 e. The monoisotopic (exact) mass is 437 g/mol. The van der Waals surface area contributed by atoms with E-state index < -0.39 is 60.2 Å². The van der Waals surface area contributed by atoms with Crippen LogP contribution in [0.15, 0.2) is 0 Å². The van der Waals surface area contributed by atoms with Crippen molar-refractivity contribution < 1.29 is 29.1 Å². The van der Waals surface area contributed by atoms with Crippen molar-refractivity contribution in [3.63, 3.8) is 0 Å². The van der Waals surface area contributed by atoms with Gasteiger partial charge in [-0.25, -0.2) is 4.79 Å². The Kier molecular flexibility index (Phi) is 12.3. The van der Waals surface area contributed by atoms with Crippen molar-refractivity contribution in [3.05, 3.63) is 0 Å². The Morgan fingerprint density at radius 1 is 1.04 bits per heavy atom. The van der Waals surface area contributed by atoms with Gasteiger partial charge in [-0.15, -0.1) is 0 Å². The Labute approximate surface area is 172 Å². The van der Waals surface area contributed by atoms with E-state index in [1.165, 1.54) is 18.7 Å². The maximum Gasteiger partial charge on any atom is 0.326 e. The summed E-state index contributed by atoms with van der Waals surface area (Å²) in [5.74, 6) is -3.67. The fourth-order valence-electron chi connectivity index (χ4n) is 1.95. The van der Waals surface area contributed by atoms with Gasteiger partial charge >= 0.3 is 5.97 Å². The van der Waals surface area contributed by atoms with Gasteiger partial charge in [0, 0.05) is 5.75 Å². The van der Waals surface area contributed by atoms with Crippen LogP contribution in [-0.4, -0.2) is 76.6 Å². The highest BCUT2D eigenvalue weighted by Crippen LogP contribution is 2.02. The molecule has 0 aliphatic heterocycles. The Morgan fingerprint density at radius 2 is 1.61 bits per heavy atom. The lowest BCUT2D eigenvalue weighted by molar-refractivity contribution is -0.142. The maximum absolute atomic E-state index is 12.3. The number of rotatable bonds is 13. The number of primary amides is 1. The van der Waals surface area contributed by atoms with Crippen LogP contribution in [0.25, 0.3) is 0 Å². The van der Waals surface area contributed by atoms with Crippen LogP contribution in [0.2, 0.25) is 0 Å². The lowest BCUT2D eigenvalue weighted by Crippen LogP contribution is -2.57. The number of thioether (sulfide) groups is 1. The average molecular weight is 438 g/mol. The van der Waals surface area contributed by atoms with Gasteiger partial charge < -0.3 is 32.5 Å². The molecule has 0 heterocycles. The van der Waals surface area contributed by atoms with Crippen molar-refractivity contribution in [3.8, 4) is 0 Å². The molecular formula is C15H27N5O6S2. The van der Waals surface area contributed by atoms with Gasteiger partial charge in [0.05, 0.1) is 12.5 Å². The number of thiol groups is 1. The summed E-state index contributed by atoms with van der Waals surface area (Å²) in [5.41, 5.74) is 10.5. The zero-order valence-electron chi connectivity index (χ0n) is 15.6. The van der Waals surface area contributed by atoms with E-state index in [1.807, 2.05) is 6.26 Å². The van der Waals surface area contributed by atoms with Crippen LogP contribution in [-0.2, 0) is 24.0 Å². The second-order valence-electron chi connectivity index (χ2n) is 5.93. The minimum absolute atomic E-state index is 0.0965. The van der Waals surface area contributed by atoms with Crippen LogP contribution >= 0.6 is 24.4 Å². The first kappa shape index (κ1) is 26.0. The fourth-order valence-corrected chi connectivity index (χ4v) is 2.68. The molecule has 0 bridgehead atoms. The predicted molar refractivity (Wildman–Crippen MR) is 108 cm³/mol. The standard InChI is InChI=1S/C15H27N5O6S2/c1-7(12(22)19-9(15(25)26)3-4-28-2)18-14(24)10(6-27)20-13(23)8(16)5-11(17)21/h7-10,27H,3-6,16H2,1-2H3,(H2,17,21)(H,18,24)(H,19,22)(H,20,23)(H,25,26). The zero-order chi connectivity index (χ0) is 21.9. The van der Waals surface area contributed by atoms with Crippen molar-refractivity contribution in [1.29, 1.82) is 0 Å². The van der Waals surface area contributed by atoms with Gasteiger partial charge in [0.2, 0.25) is 23.6 Å². The van der Waals surface area contributed by atoms with E-state index in [0.29, 0.717) is 5.75 Å². The molecular weight excluding hydrogens is 410 g/mol. The van der Waals surface area contributed by atoms with E-state index in [0.717, 1.165) is 0 Å². The van der Waals surface area contributed by atoms with Crippen LogP contribution < -0.4 is 27.4 Å². The summed E-state index contributed by atoms with van der Waals surface area (Å²) >= 11 is 5.41. The number of carbonyl (C=O) groups excluding carboxylic acids is 4. The fraction of sp³-hybridized carbons (Fsp3) is 0.667. The Bertz CT molecular complexity index is 591. The van der Waals surface area contributed by atoms with Crippen LogP contribution in [0.4, 0.5) is 0 Å². The lowest BCUT2D eigenvalue weighted by atomic mass is 10.1. The first-order valence-electron chi connectivity index (χ1n) is 8.31. The van der Waals surface area contributed by atoms with Gasteiger partial charge in [-0.05, 0) is 25.4 Å². The zero-order valence-corrected chi connectivity index (χ0v) is 17.3. The summed E-state index contributed by atoms with van der Waals surface area (Å²) in [7, 11) is 0. The molecule has 0 aromatic heterocycles. The number of nitrogens with two attached hydrogens (primary N) is 2. The maximum atomic E-state index is 12.3. The van der Waals surface area contributed by atoms with Crippen molar-refractivity contribution >= 4 is 54.0 Å². The molecule has 0 aliphatic carbocycles. The van der Waals surface area contributed by atoms with Gasteiger partial charge in [-0.1, -0.05) is 0 Å². The molecule has 28 heavy (non-hydrogen) atoms. The summed E-state index contributed by atoms with van der Waals surface area (Å²) in [6.45, 7) is 1.37. The number of amides is 4. The number of nitrogens with one attached hydrogen (secondary N) is 3. The Morgan fingerprint density at radius 3 is 2.07 bits per heavy atom. The second kappa shape index (κ2) is 13.2. The normalized spacial score (nSPS) is 14.9. The molecule has 0 aromatic rings. The van der Waals surface area contributed by atoms with Crippen molar-refractivity contribution in [2.75, 3.05) is 17.8 Å². The van der Waals surface area contributed by atoms with Gasteiger partial charge in [-0.3, -0.25) is 19.2 Å². The van der Waals surface area contributed by atoms with Gasteiger partial charge in [-0.2, -0.15) is 24.4 Å². The first-order valence-corrected chi connectivity index (χ1v) is 10.3. The molecule has 0 aliphatic rings. The SMILES string of the molecule is CSCCC(NC(=O)C(C)NC(=O)C(CS)NC(=O)C(N)CC(N)=O)C(=O)O. The second-order valence-corrected chi connectivity index (χ2v) is 7.28. The summed E-state index contributed by atoms with van der Waals surface area (Å²) in [6, 6.07) is -4.47. The summed E-state index contributed by atoms with van der Waals surface area (Å²) < 4.78 is 0. The van der Waals surface area contributed by atoms with E-state index in [1.54, 1.807) is 0 Å². The first-order chi connectivity index (χ1) is 13.0. The quantitative estimate of drug-likeness (QED) is 0.153. The molecule has 0 spiro atoms. The molecule has 0 rings (SSSR count). The number of hydrogen-bond donors (Lipinski definition) is 7. The van der Waals surface area contributed by atoms with Crippen molar-refractivity contribution in [2.45, 2.75) is 43.9 Å². The topological polar surface area (TPSA) is 194 Å². The third-order valence-corrected chi connectivity index (χ3v) is 4.56. The molecule has 4 unspecified atom stereocenters. The number of carboxylic acid groups (broad SMARTS) is 1. The molecule has 0 radical (unpaired) electrons. The highest BCUT2D eigenvalue weighted by Gasteiger charge is 2.27. The minimum Gasteiger partial charge on any atom is -0.480 e. The third kappa shape index (κ3) is 9.80. The highest BCUT2D eigenvalue weighted by atomic mass is 32.2. The minimum atomic E-state index is -1.22. The number of hydrogen-bond acceptors (Lipinski definition) is 8. The van der Waals surface area contributed by atoms with Gasteiger partial charge in [0.15, 0.2) is 0 Å². The highest BCUT2D eigenvalue weighted by molar-refractivity contribution is 7.98. The molecule has 13 heteroatoms. The molecule has 160 valence electrons. The smallest absolute Gasteiger partial charge is 0.326 e. The van der Waals surface area contributed by atoms with Crippen molar-refractivity contribution in [2.24, 2.45) is 11.5 Å². The Balaban J connectivity index is 4.77. The molecule has 0 aromatic carbocycles. The van der Waals surface area contributed by atoms with Gasteiger partial charge in [0.25, 0.3) is 0 Å². The van der Waals surface area contributed by atoms with E-state index in [4.69, 9.17) is 16.6 Å². The number of aliphatic carboxylic acids is 1. The molecule has 4 atom stereocenters. The Hall–Kier alpha value is -1.99. The lowest BCUT2D eigenvalue weighted by Gasteiger charge is -2.22. The predicted octanol–water partition coefficient (Wildman–Crippen LogP) is -2.57. The van der Waals surface area contributed by atoms with Crippen LogP contribution in [0, 0.1) is 0 Å². The molecule has 0 saturated heterocycles. The third-order valence-electron chi connectivity index (χ3n) is 3.55. The van der Waals surface area contributed by atoms with Crippen LogP contribution in [0.3, 0.4) is 0 Å². The van der Waals surface area contributed by atoms with E-state index in [2.05, 4.69) is 28.6 Å². The average Bonchev–Trinajstić information content (AvgIpc) is 2.61. The number of carbonyl (C=O) groups is 5. The molecule has 4 amide bonds. The number of carboxylic acids is 1. The van der Waals surface area contributed by atoms with Crippen LogP contribution in [0.1, 0.15) is 19.8 Å². The van der Waals surface area contributed by atoms with E-state index in [-0.39, 0.29) is 12.2 Å². The molecule has 0 fully saturated rings. The van der Waals surface area contributed by atoms with Crippen LogP contribution in [0.5, 0.6) is 0 Å². The van der Waals surface area contributed by atoms with E-state index in [9.17, 15) is 24.0 Å². The van der Waals surface area contributed by atoms with Crippen molar-refractivity contribution in [1.82, 2.24) is 16.0 Å². The summed E-state index contributed by atoms with van der Waals surface area (Å²) in [4.78, 5) is 58.3. The summed E-state index contributed by atoms with van der Waals surface area (Å²) in [5, 5.41) is 16.2. The van der Waals surface area contributed by atoms with Gasteiger partial charge in [0.1, 0.15) is 18.1 Å². The molecule has 8 N–H and O–H groups in total. The van der Waals surface area contributed by atoms with E-state index >= 15 is 0 Å².